The summed E-state index contributed by atoms with van der Waals surface area (Å²) in [5.41, 5.74) is 1.85. The molecule has 1 aromatic rings. The summed E-state index contributed by atoms with van der Waals surface area (Å²) < 4.78 is 5.45. The fraction of sp³-hybridized carbons (Fsp3) is 0.438. The van der Waals surface area contributed by atoms with E-state index in [0.29, 0.717) is 13.2 Å². The average Bonchev–Trinajstić information content (AvgIpc) is 2.94. The van der Waals surface area contributed by atoms with Gasteiger partial charge in [-0.3, -0.25) is 0 Å². The van der Waals surface area contributed by atoms with Gasteiger partial charge in [-0.25, -0.2) is 4.79 Å². The van der Waals surface area contributed by atoms with Crippen LogP contribution >= 0.6 is 0 Å². The first-order valence-electron chi connectivity index (χ1n) is 7.12. The van der Waals surface area contributed by atoms with Gasteiger partial charge < -0.3 is 15.0 Å². The van der Waals surface area contributed by atoms with Crippen molar-refractivity contribution in [1.29, 1.82) is 0 Å². The number of carbonyl (C=O) groups excluding carboxylic acids is 1. The van der Waals surface area contributed by atoms with Crippen molar-refractivity contribution in [3.8, 4) is 0 Å². The Morgan fingerprint density at radius 2 is 2.25 bits per heavy atom. The SMILES string of the molecule is C=Cc1ccc(NC(=O)N2CCC[C@@H]2COCC)cc1. The second kappa shape index (κ2) is 7.10. The molecule has 1 aromatic carbocycles. The van der Waals surface area contributed by atoms with E-state index in [9.17, 15) is 4.79 Å². The molecule has 2 rings (SSSR count). The number of benzene rings is 1. The summed E-state index contributed by atoms with van der Waals surface area (Å²) in [5.74, 6) is 0. The van der Waals surface area contributed by atoms with Gasteiger partial charge in [-0.1, -0.05) is 24.8 Å². The van der Waals surface area contributed by atoms with Crippen LogP contribution in [0.3, 0.4) is 0 Å². The first-order chi connectivity index (χ1) is 9.74. The van der Waals surface area contributed by atoms with Crippen LogP contribution in [0.25, 0.3) is 6.08 Å². The van der Waals surface area contributed by atoms with Gasteiger partial charge in [0.2, 0.25) is 0 Å². The van der Waals surface area contributed by atoms with Crippen molar-refractivity contribution in [3.63, 3.8) is 0 Å². The lowest BCUT2D eigenvalue weighted by atomic mass is 10.2. The number of likely N-dealkylation sites (tertiary alicyclic amines) is 1. The number of hydrogen-bond donors (Lipinski definition) is 1. The van der Waals surface area contributed by atoms with Crippen molar-refractivity contribution in [2.75, 3.05) is 25.1 Å². The van der Waals surface area contributed by atoms with E-state index in [2.05, 4.69) is 11.9 Å². The Morgan fingerprint density at radius 3 is 2.90 bits per heavy atom. The molecular weight excluding hydrogens is 252 g/mol. The summed E-state index contributed by atoms with van der Waals surface area (Å²) in [6.45, 7) is 7.80. The van der Waals surface area contributed by atoms with Gasteiger partial charge in [-0.2, -0.15) is 0 Å². The summed E-state index contributed by atoms with van der Waals surface area (Å²) in [6.07, 6.45) is 3.84. The van der Waals surface area contributed by atoms with E-state index >= 15 is 0 Å². The topological polar surface area (TPSA) is 41.6 Å². The first kappa shape index (κ1) is 14.6. The highest BCUT2D eigenvalue weighted by atomic mass is 16.5. The Labute approximate surface area is 120 Å². The summed E-state index contributed by atoms with van der Waals surface area (Å²) >= 11 is 0. The van der Waals surface area contributed by atoms with Gasteiger partial charge in [-0.05, 0) is 37.5 Å². The van der Waals surface area contributed by atoms with Crippen LogP contribution in [0.4, 0.5) is 10.5 Å². The molecule has 1 saturated heterocycles. The minimum Gasteiger partial charge on any atom is -0.380 e. The Hall–Kier alpha value is -1.81. The Kier molecular flexibility index (Phi) is 5.18. The predicted octanol–water partition coefficient (Wildman–Crippen LogP) is 3.36. The standard InChI is InChI=1S/C16H22N2O2/c1-3-13-7-9-14(10-8-13)17-16(19)18-11-5-6-15(18)12-20-4-2/h3,7-10,15H,1,4-6,11-12H2,2H3,(H,17,19)/t15-/m1/s1. The third-order valence-electron chi connectivity index (χ3n) is 3.55. The number of ether oxygens (including phenoxy) is 1. The number of rotatable bonds is 5. The molecule has 1 N–H and O–H groups in total. The van der Waals surface area contributed by atoms with Crippen LogP contribution < -0.4 is 5.32 Å². The molecule has 2 amide bonds. The Bertz CT molecular complexity index is 456. The van der Waals surface area contributed by atoms with Crippen molar-refractivity contribution in [3.05, 3.63) is 36.4 Å². The molecule has 108 valence electrons. The van der Waals surface area contributed by atoms with Crippen molar-refractivity contribution in [1.82, 2.24) is 4.90 Å². The van der Waals surface area contributed by atoms with Crippen molar-refractivity contribution < 1.29 is 9.53 Å². The first-order valence-corrected chi connectivity index (χ1v) is 7.12. The predicted molar refractivity (Wildman–Crippen MR) is 81.8 cm³/mol. The van der Waals surface area contributed by atoms with Crippen LogP contribution in [0.5, 0.6) is 0 Å². The van der Waals surface area contributed by atoms with E-state index in [4.69, 9.17) is 4.74 Å². The quantitative estimate of drug-likeness (QED) is 0.894. The lowest BCUT2D eigenvalue weighted by Crippen LogP contribution is -2.41. The molecule has 0 saturated carbocycles. The minimum atomic E-state index is -0.0430. The molecule has 1 aliphatic rings. The molecule has 4 nitrogen and oxygen atoms in total. The smallest absolute Gasteiger partial charge is 0.322 e. The highest BCUT2D eigenvalue weighted by molar-refractivity contribution is 5.89. The third-order valence-corrected chi connectivity index (χ3v) is 3.55. The van der Waals surface area contributed by atoms with Gasteiger partial charge in [0.1, 0.15) is 0 Å². The largest absolute Gasteiger partial charge is 0.380 e. The lowest BCUT2D eigenvalue weighted by Gasteiger charge is -2.24. The molecule has 1 atom stereocenters. The van der Waals surface area contributed by atoms with Gasteiger partial charge in [0, 0.05) is 18.8 Å². The number of anilines is 1. The maximum atomic E-state index is 12.3. The van der Waals surface area contributed by atoms with Crippen LogP contribution in [0, 0.1) is 0 Å². The number of carbonyl (C=O) groups is 1. The number of urea groups is 1. The van der Waals surface area contributed by atoms with Crippen molar-refractivity contribution in [2.45, 2.75) is 25.8 Å². The molecule has 4 heteroatoms. The van der Waals surface area contributed by atoms with Crippen LogP contribution in [0.1, 0.15) is 25.3 Å². The Balaban J connectivity index is 1.94. The summed E-state index contributed by atoms with van der Waals surface area (Å²) in [5, 5.41) is 2.94. The summed E-state index contributed by atoms with van der Waals surface area (Å²) in [7, 11) is 0. The fourth-order valence-corrected chi connectivity index (χ4v) is 2.43. The second-order valence-electron chi connectivity index (χ2n) is 4.91. The zero-order valence-electron chi connectivity index (χ0n) is 12.0. The van der Waals surface area contributed by atoms with E-state index in [0.717, 1.165) is 30.6 Å². The van der Waals surface area contributed by atoms with Crippen molar-refractivity contribution in [2.24, 2.45) is 0 Å². The zero-order valence-corrected chi connectivity index (χ0v) is 12.0. The van der Waals surface area contributed by atoms with E-state index in [1.54, 1.807) is 6.08 Å². The van der Waals surface area contributed by atoms with E-state index in [1.807, 2.05) is 36.1 Å². The molecule has 0 bridgehead atoms. The molecule has 0 spiro atoms. The second-order valence-corrected chi connectivity index (χ2v) is 4.91. The van der Waals surface area contributed by atoms with Gasteiger partial charge in [-0.15, -0.1) is 0 Å². The molecule has 1 fully saturated rings. The maximum absolute atomic E-state index is 12.3. The van der Waals surface area contributed by atoms with Gasteiger partial charge in [0.15, 0.2) is 0 Å². The molecule has 0 aromatic heterocycles. The Morgan fingerprint density at radius 1 is 1.50 bits per heavy atom. The van der Waals surface area contributed by atoms with Crippen molar-refractivity contribution >= 4 is 17.8 Å². The number of nitrogens with zero attached hydrogens (tertiary/aromatic N) is 1. The minimum absolute atomic E-state index is 0.0430. The van der Waals surface area contributed by atoms with Gasteiger partial charge >= 0.3 is 6.03 Å². The third kappa shape index (κ3) is 3.61. The molecule has 20 heavy (non-hydrogen) atoms. The summed E-state index contributed by atoms with van der Waals surface area (Å²) in [6, 6.07) is 7.81. The number of nitrogens with one attached hydrogen (secondary N) is 1. The lowest BCUT2D eigenvalue weighted by molar-refractivity contribution is 0.0970. The van der Waals surface area contributed by atoms with E-state index < -0.39 is 0 Å². The molecule has 1 aliphatic heterocycles. The van der Waals surface area contributed by atoms with Gasteiger partial charge in [0.25, 0.3) is 0 Å². The normalized spacial score (nSPS) is 18.1. The molecular formula is C16H22N2O2. The number of amides is 2. The monoisotopic (exact) mass is 274 g/mol. The average molecular weight is 274 g/mol. The maximum Gasteiger partial charge on any atom is 0.322 e. The van der Waals surface area contributed by atoms with E-state index in [-0.39, 0.29) is 12.1 Å². The van der Waals surface area contributed by atoms with E-state index in [1.165, 1.54) is 0 Å². The van der Waals surface area contributed by atoms with Gasteiger partial charge in [0.05, 0.1) is 12.6 Å². The van der Waals surface area contributed by atoms with Crippen LogP contribution in [-0.2, 0) is 4.74 Å². The highest BCUT2D eigenvalue weighted by Crippen LogP contribution is 2.19. The molecule has 0 unspecified atom stereocenters. The molecule has 1 heterocycles. The zero-order chi connectivity index (χ0) is 14.4. The molecule has 0 radical (unpaired) electrons. The molecule has 0 aliphatic carbocycles. The fourth-order valence-electron chi connectivity index (χ4n) is 2.43. The highest BCUT2D eigenvalue weighted by Gasteiger charge is 2.28. The van der Waals surface area contributed by atoms with Crippen LogP contribution in [0.15, 0.2) is 30.8 Å². The number of hydrogen-bond acceptors (Lipinski definition) is 2. The van der Waals surface area contributed by atoms with Crippen LogP contribution in [0.2, 0.25) is 0 Å². The summed E-state index contributed by atoms with van der Waals surface area (Å²) in [4.78, 5) is 14.2. The van der Waals surface area contributed by atoms with Crippen LogP contribution in [-0.4, -0.2) is 36.7 Å².